The summed E-state index contributed by atoms with van der Waals surface area (Å²) in [6.45, 7) is 2.37. The zero-order valence-electron chi connectivity index (χ0n) is 17.8. The van der Waals surface area contributed by atoms with E-state index in [0.717, 1.165) is 46.2 Å². The Morgan fingerprint density at radius 2 is 1.71 bits per heavy atom. The molecule has 1 fully saturated rings. The van der Waals surface area contributed by atoms with Gasteiger partial charge in [0.2, 0.25) is 5.91 Å². The van der Waals surface area contributed by atoms with E-state index in [1.807, 2.05) is 61.5 Å². The quantitative estimate of drug-likeness (QED) is 0.519. The highest BCUT2D eigenvalue weighted by atomic mass is 16.5. The van der Waals surface area contributed by atoms with Crippen LogP contribution < -0.4 is 20.7 Å². The van der Waals surface area contributed by atoms with E-state index in [1.165, 1.54) is 0 Å². The minimum Gasteiger partial charge on any atom is -0.497 e. The molecule has 160 valence electrons. The molecule has 3 aromatic rings. The molecule has 1 saturated carbocycles. The third kappa shape index (κ3) is 5.34. The average molecular weight is 418 g/mol. The van der Waals surface area contributed by atoms with Crippen molar-refractivity contribution in [1.29, 1.82) is 0 Å². The Bertz CT molecular complexity index is 1090. The van der Waals surface area contributed by atoms with Crippen molar-refractivity contribution in [3.63, 3.8) is 0 Å². The van der Waals surface area contributed by atoms with Crippen molar-refractivity contribution < 1.29 is 14.3 Å². The number of anilines is 1. The number of methoxy groups -OCH3 is 1. The first-order chi connectivity index (χ1) is 15.0. The third-order valence-electron chi connectivity index (χ3n) is 5.54. The van der Waals surface area contributed by atoms with Crippen LogP contribution in [0.5, 0.6) is 5.75 Å². The Morgan fingerprint density at radius 1 is 1.00 bits per heavy atom. The van der Waals surface area contributed by atoms with E-state index in [2.05, 4.69) is 22.0 Å². The van der Waals surface area contributed by atoms with E-state index < -0.39 is 0 Å². The summed E-state index contributed by atoms with van der Waals surface area (Å²) in [5.74, 6) is 1.09. The van der Waals surface area contributed by atoms with Gasteiger partial charge in [0.05, 0.1) is 13.2 Å². The topological polar surface area (TPSA) is 79.5 Å². The molecule has 1 aliphatic carbocycles. The highest BCUT2D eigenvalue weighted by Gasteiger charge is 2.29. The van der Waals surface area contributed by atoms with Crippen LogP contribution in [0.15, 0.2) is 60.7 Å². The van der Waals surface area contributed by atoms with Crippen molar-refractivity contribution in [2.24, 2.45) is 5.92 Å². The summed E-state index contributed by atoms with van der Waals surface area (Å²) < 4.78 is 5.26. The molecule has 4 rings (SSSR count). The van der Waals surface area contributed by atoms with E-state index in [-0.39, 0.29) is 23.9 Å². The number of ether oxygens (including phenoxy) is 1. The van der Waals surface area contributed by atoms with Gasteiger partial charge in [-0.2, -0.15) is 0 Å². The van der Waals surface area contributed by atoms with E-state index in [1.54, 1.807) is 7.11 Å². The Morgan fingerprint density at radius 3 is 2.42 bits per heavy atom. The number of amides is 3. The number of rotatable bonds is 7. The number of nitrogens with one attached hydrogen (secondary N) is 3. The second-order valence-electron chi connectivity index (χ2n) is 7.98. The van der Waals surface area contributed by atoms with Gasteiger partial charge in [-0.3, -0.25) is 4.79 Å². The molecule has 0 heterocycles. The molecule has 6 heteroatoms. The lowest BCUT2D eigenvalue weighted by atomic mass is 10.1. The molecule has 6 nitrogen and oxygen atoms in total. The molecule has 0 aromatic heterocycles. The summed E-state index contributed by atoms with van der Waals surface area (Å²) in [6, 6.07) is 19.2. The van der Waals surface area contributed by atoms with E-state index in [9.17, 15) is 9.59 Å². The molecular formula is C25H27N3O3. The summed E-state index contributed by atoms with van der Waals surface area (Å²) in [4.78, 5) is 24.2. The fourth-order valence-corrected chi connectivity index (χ4v) is 3.47. The minimum absolute atomic E-state index is 0.0890. The Balaban J connectivity index is 1.28. The second-order valence-corrected chi connectivity index (χ2v) is 7.98. The van der Waals surface area contributed by atoms with E-state index >= 15 is 0 Å². The summed E-state index contributed by atoms with van der Waals surface area (Å²) in [5.41, 5.74) is 2.78. The molecule has 0 saturated heterocycles. The maximum Gasteiger partial charge on any atom is 0.315 e. The summed E-state index contributed by atoms with van der Waals surface area (Å²) in [7, 11) is 1.65. The van der Waals surface area contributed by atoms with Crippen LogP contribution in [0, 0.1) is 5.92 Å². The molecule has 1 atom stereocenters. The lowest BCUT2D eigenvalue weighted by Gasteiger charge is -2.16. The van der Waals surface area contributed by atoms with E-state index in [4.69, 9.17) is 4.74 Å². The first-order valence-corrected chi connectivity index (χ1v) is 10.5. The lowest BCUT2D eigenvalue weighted by molar-refractivity contribution is -0.117. The maximum atomic E-state index is 12.3. The van der Waals surface area contributed by atoms with Gasteiger partial charge in [-0.25, -0.2) is 4.79 Å². The number of hydrogen-bond donors (Lipinski definition) is 3. The first kappa shape index (κ1) is 20.7. The van der Waals surface area contributed by atoms with Crippen molar-refractivity contribution in [2.75, 3.05) is 12.4 Å². The molecule has 0 spiro atoms. The smallest absolute Gasteiger partial charge is 0.315 e. The van der Waals surface area contributed by atoms with Gasteiger partial charge in [0, 0.05) is 18.2 Å². The predicted octanol–water partition coefficient (Wildman–Crippen LogP) is 4.76. The highest BCUT2D eigenvalue weighted by Crippen LogP contribution is 2.30. The Hall–Kier alpha value is -3.54. The van der Waals surface area contributed by atoms with Gasteiger partial charge in [0.1, 0.15) is 5.75 Å². The van der Waals surface area contributed by atoms with Crippen LogP contribution in [0.25, 0.3) is 10.8 Å². The van der Waals surface area contributed by atoms with Crippen LogP contribution in [0.4, 0.5) is 10.5 Å². The standard InChI is InChI=1S/C25H27N3O3/c1-16(18-7-10-22(11-8-18)28-24(29)19-5-6-19)27-25(30)26-15-17-3-4-21-14-23(31-2)12-9-20(21)13-17/h3-4,7-14,16,19H,5-6,15H2,1-2H3,(H,28,29)(H2,26,27,30). The first-order valence-electron chi connectivity index (χ1n) is 10.5. The fourth-order valence-electron chi connectivity index (χ4n) is 3.47. The van der Waals surface area contributed by atoms with Gasteiger partial charge in [-0.15, -0.1) is 0 Å². The largest absolute Gasteiger partial charge is 0.497 e. The van der Waals surface area contributed by atoms with Crippen molar-refractivity contribution in [1.82, 2.24) is 10.6 Å². The van der Waals surface area contributed by atoms with Crippen molar-refractivity contribution in [3.05, 3.63) is 71.8 Å². The molecule has 0 radical (unpaired) electrons. The fraction of sp³-hybridized carbons (Fsp3) is 0.280. The maximum absolute atomic E-state index is 12.3. The van der Waals surface area contributed by atoms with Crippen molar-refractivity contribution in [2.45, 2.75) is 32.4 Å². The molecular weight excluding hydrogens is 390 g/mol. The molecule has 3 amide bonds. The zero-order chi connectivity index (χ0) is 21.8. The SMILES string of the molecule is COc1ccc2cc(CNC(=O)NC(C)c3ccc(NC(=O)C4CC4)cc3)ccc2c1. The van der Waals surface area contributed by atoms with Crippen LogP contribution in [-0.4, -0.2) is 19.0 Å². The normalized spacial score (nSPS) is 14.0. The lowest BCUT2D eigenvalue weighted by Crippen LogP contribution is -2.36. The molecule has 31 heavy (non-hydrogen) atoms. The van der Waals surface area contributed by atoms with Gasteiger partial charge >= 0.3 is 6.03 Å². The van der Waals surface area contributed by atoms with Crippen LogP contribution in [0.2, 0.25) is 0 Å². The highest BCUT2D eigenvalue weighted by molar-refractivity contribution is 5.94. The number of fused-ring (bicyclic) bond motifs is 1. The zero-order valence-corrected chi connectivity index (χ0v) is 17.8. The minimum atomic E-state index is -0.228. The molecule has 3 aromatic carbocycles. The van der Waals surface area contributed by atoms with Crippen molar-refractivity contribution >= 4 is 28.4 Å². The van der Waals surface area contributed by atoms with Gasteiger partial charge in [-0.05, 0) is 72.0 Å². The van der Waals surface area contributed by atoms with Crippen LogP contribution in [0.3, 0.4) is 0 Å². The van der Waals surface area contributed by atoms with Crippen LogP contribution in [-0.2, 0) is 11.3 Å². The average Bonchev–Trinajstić information content (AvgIpc) is 3.63. The molecule has 0 bridgehead atoms. The van der Waals surface area contributed by atoms with E-state index in [0.29, 0.717) is 6.54 Å². The number of hydrogen-bond acceptors (Lipinski definition) is 3. The molecule has 1 aliphatic rings. The monoisotopic (exact) mass is 417 g/mol. The summed E-state index contributed by atoms with van der Waals surface area (Å²) in [5, 5.41) is 11.0. The van der Waals surface area contributed by atoms with Gasteiger partial charge in [0.15, 0.2) is 0 Å². The Labute approximate surface area is 182 Å². The van der Waals surface area contributed by atoms with Gasteiger partial charge < -0.3 is 20.7 Å². The number of urea groups is 1. The predicted molar refractivity (Wildman–Crippen MR) is 122 cm³/mol. The molecule has 1 unspecified atom stereocenters. The summed E-state index contributed by atoms with van der Waals surface area (Å²) >= 11 is 0. The number of carbonyl (C=O) groups is 2. The molecule has 3 N–H and O–H groups in total. The van der Waals surface area contributed by atoms with Gasteiger partial charge in [-0.1, -0.05) is 30.3 Å². The third-order valence-corrected chi connectivity index (χ3v) is 5.54. The Kier molecular flexibility index (Phi) is 6.07. The summed E-state index contributed by atoms with van der Waals surface area (Å²) in [6.07, 6.45) is 1.96. The number of carbonyl (C=O) groups excluding carboxylic acids is 2. The number of benzene rings is 3. The van der Waals surface area contributed by atoms with Crippen molar-refractivity contribution in [3.8, 4) is 5.75 Å². The van der Waals surface area contributed by atoms with Gasteiger partial charge in [0.25, 0.3) is 0 Å². The second kappa shape index (κ2) is 9.08. The van der Waals surface area contributed by atoms with Crippen LogP contribution in [0.1, 0.15) is 36.9 Å². The van der Waals surface area contributed by atoms with Crippen LogP contribution >= 0.6 is 0 Å². The molecule has 0 aliphatic heterocycles.